The molecule has 1 unspecified atom stereocenters. The zero-order valence-electron chi connectivity index (χ0n) is 19.0. The first-order chi connectivity index (χ1) is 16.7. The molecule has 0 fully saturated rings. The van der Waals surface area contributed by atoms with Crippen molar-refractivity contribution in [3.63, 3.8) is 0 Å². The number of fused-ring (bicyclic) bond motifs is 1. The third-order valence-electron chi connectivity index (χ3n) is 5.50. The zero-order chi connectivity index (χ0) is 25.2. The van der Waals surface area contributed by atoms with Crippen molar-refractivity contribution in [2.75, 3.05) is 24.4 Å². The van der Waals surface area contributed by atoms with Crippen LogP contribution in [0.2, 0.25) is 0 Å². The number of nitrogens with two attached hydrogens (primary N) is 1. The van der Waals surface area contributed by atoms with Gasteiger partial charge in [-0.1, -0.05) is 36.4 Å². The van der Waals surface area contributed by atoms with Crippen molar-refractivity contribution in [3.8, 4) is 11.5 Å². The third kappa shape index (κ3) is 4.88. The van der Waals surface area contributed by atoms with Gasteiger partial charge in [0.25, 0.3) is 11.8 Å². The van der Waals surface area contributed by atoms with Crippen LogP contribution < -0.4 is 24.8 Å². The third-order valence-corrected chi connectivity index (χ3v) is 6.41. The smallest absolute Gasteiger partial charge is 0.252 e. The van der Waals surface area contributed by atoms with E-state index in [9.17, 15) is 18.0 Å². The predicted molar refractivity (Wildman–Crippen MR) is 132 cm³/mol. The molecule has 0 saturated heterocycles. The van der Waals surface area contributed by atoms with Gasteiger partial charge in [0.15, 0.2) is 11.5 Å². The molecule has 35 heavy (non-hydrogen) atoms. The molecule has 4 rings (SSSR count). The van der Waals surface area contributed by atoms with E-state index in [0.717, 1.165) is 0 Å². The minimum atomic E-state index is -4.01. The van der Waals surface area contributed by atoms with E-state index in [1.54, 1.807) is 54.6 Å². The van der Waals surface area contributed by atoms with Crippen molar-refractivity contribution in [2.24, 2.45) is 5.14 Å². The van der Waals surface area contributed by atoms with E-state index in [1.165, 1.54) is 43.4 Å². The number of anilines is 2. The Labute approximate surface area is 202 Å². The Morgan fingerprint density at radius 1 is 1.00 bits per heavy atom. The predicted octanol–water partition coefficient (Wildman–Crippen LogP) is 3.09. The number of rotatable bonds is 6. The highest BCUT2D eigenvalue weighted by Gasteiger charge is 2.37. The Balaban J connectivity index is 1.77. The maximum atomic E-state index is 13.5. The summed E-state index contributed by atoms with van der Waals surface area (Å²) >= 11 is 0. The molecular weight excluding hydrogens is 470 g/mol. The summed E-state index contributed by atoms with van der Waals surface area (Å²) < 4.78 is 34.2. The first kappa shape index (κ1) is 24.0. The summed E-state index contributed by atoms with van der Waals surface area (Å²) in [7, 11) is -0.964. The quantitative estimate of drug-likeness (QED) is 0.508. The number of carbonyl (C=O) groups excluding carboxylic acids is 2. The molecule has 1 aliphatic rings. The molecule has 0 aliphatic carbocycles. The van der Waals surface area contributed by atoms with E-state index < -0.39 is 27.9 Å². The fourth-order valence-corrected chi connectivity index (χ4v) is 4.39. The maximum Gasteiger partial charge on any atom is 0.252 e. The maximum absolute atomic E-state index is 13.5. The van der Waals surface area contributed by atoms with Crippen molar-refractivity contribution in [1.29, 1.82) is 0 Å². The monoisotopic (exact) mass is 493 g/mol. The number of ether oxygens (including phenoxy) is 2. The summed E-state index contributed by atoms with van der Waals surface area (Å²) in [5, 5.41) is 7.94. The number of carbonyl (C=O) groups is 2. The summed E-state index contributed by atoms with van der Waals surface area (Å²) in [6.45, 7) is 0. The number of primary sulfonamides is 1. The summed E-state index contributed by atoms with van der Waals surface area (Å²) in [5.74, 6) is 0.0890. The van der Waals surface area contributed by atoms with Gasteiger partial charge in [-0.25, -0.2) is 13.6 Å². The topological polar surface area (TPSA) is 128 Å². The van der Waals surface area contributed by atoms with Crippen LogP contribution in [-0.2, 0) is 19.6 Å². The summed E-state index contributed by atoms with van der Waals surface area (Å²) in [5.41, 5.74) is 1.78. The highest BCUT2D eigenvalue weighted by molar-refractivity contribution is 7.89. The van der Waals surface area contributed by atoms with E-state index in [4.69, 9.17) is 14.6 Å². The van der Waals surface area contributed by atoms with E-state index in [2.05, 4.69) is 5.32 Å². The molecule has 0 bridgehead atoms. The molecule has 1 atom stereocenters. The van der Waals surface area contributed by atoms with Crippen molar-refractivity contribution in [1.82, 2.24) is 0 Å². The van der Waals surface area contributed by atoms with E-state index in [1.807, 2.05) is 0 Å². The highest BCUT2D eigenvalue weighted by atomic mass is 32.2. The molecule has 0 aromatic heterocycles. The highest BCUT2D eigenvalue weighted by Crippen LogP contribution is 2.40. The van der Waals surface area contributed by atoms with Gasteiger partial charge in [-0.2, -0.15) is 0 Å². The van der Waals surface area contributed by atoms with Crippen LogP contribution in [-0.4, -0.2) is 34.5 Å². The van der Waals surface area contributed by atoms with Crippen LogP contribution in [0.3, 0.4) is 0 Å². The zero-order valence-corrected chi connectivity index (χ0v) is 19.8. The first-order valence-corrected chi connectivity index (χ1v) is 12.0. The number of hydrogen-bond acceptors (Lipinski definition) is 6. The Kier molecular flexibility index (Phi) is 6.59. The lowest BCUT2D eigenvalue weighted by molar-refractivity contribution is -0.121. The Bertz CT molecular complexity index is 1420. The number of nitrogens with one attached hydrogen (secondary N) is 1. The molecule has 10 heteroatoms. The van der Waals surface area contributed by atoms with Crippen LogP contribution in [0.15, 0.2) is 77.7 Å². The minimum Gasteiger partial charge on any atom is -0.493 e. The molecule has 180 valence electrons. The van der Waals surface area contributed by atoms with Crippen molar-refractivity contribution >= 4 is 39.3 Å². The van der Waals surface area contributed by atoms with Gasteiger partial charge in [0, 0.05) is 6.08 Å². The minimum absolute atomic E-state index is 0.168. The van der Waals surface area contributed by atoms with Crippen LogP contribution in [0.5, 0.6) is 11.5 Å². The molecule has 3 aromatic rings. The van der Waals surface area contributed by atoms with Crippen LogP contribution in [0.25, 0.3) is 6.08 Å². The molecule has 1 aliphatic heterocycles. The Hall–Kier alpha value is -4.15. The molecule has 3 N–H and O–H groups in total. The second-order valence-corrected chi connectivity index (χ2v) is 9.24. The van der Waals surface area contributed by atoms with Gasteiger partial charge in [-0.3, -0.25) is 14.5 Å². The van der Waals surface area contributed by atoms with E-state index >= 15 is 0 Å². The number of hydrogen-bond donors (Lipinski definition) is 2. The first-order valence-electron chi connectivity index (χ1n) is 10.5. The molecule has 1 heterocycles. The molecule has 0 spiro atoms. The van der Waals surface area contributed by atoms with Gasteiger partial charge in [-0.15, -0.1) is 0 Å². The SMILES string of the molecule is COc1ccc(/C=C/C(=O)N2c3ccc(S(N)(=O)=O)cc3NC(=O)C2c2ccccc2)cc1OC. The lowest BCUT2D eigenvalue weighted by Gasteiger charge is -2.36. The lowest BCUT2D eigenvalue weighted by atomic mass is 9.99. The molecule has 9 nitrogen and oxygen atoms in total. The molecule has 2 amide bonds. The lowest BCUT2D eigenvalue weighted by Crippen LogP contribution is -2.44. The number of amides is 2. The summed E-state index contributed by atoms with van der Waals surface area (Å²) in [6.07, 6.45) is 2.93. The van der Waals surface area contributed by atoms with Crippen LogP contribution in [0, 0.1) is 0 Å². The molecule has 0 saturated carbocycles. The number of benzene rings is 3. The van der Waals surface area contributed by atoms with Crippen molar-refractivity contribution in [2.45, 2.75) is 10.9 Å². The van der Waals surface area contributed by atoms with Crippen LogP contribution >= 0.6 is 0 Å². The van der Waals surface area contributed by atoms with E-state index in [0.29, 0.717) is 28.3 Å². The van der Waals surface area contributed by atoms with Crippen LogP contribution in [0.4, 0.5) is 11.4 Å². The Morgan fingerprint density at radius 3 is 2.37 bits per heavy atom. The average Bonchev–Trinajstić information content (AvgIpc) is 2.85. The normalized spacial score (nSPS) is 15.5. The van der Waals surface area contributed by atoms with E-state index in [-0.39, 0.29) is 10.6 Å². The molecule has 0 radical (unpaired) electrons. The van der Waals surface area contributed by atoms with Crippen molar-refractivity contribution in [3.05, 3.63) is 83.9 Å². The number of nitrogens with zero attached hydrogens (tertiary/aromatic N) is 1. The van der Waals surface area contributed by atoms with Gasteiger partial charge in [0.05, 0.1) is 30.5 Å². The Morgan fingerprint density at radius 2 is 1.71 bits per heavy atom. The average molecular weight is 494 g/mol. The number of sulfonamides is 1. The molecular formula is C25H23N3O6S. The second-order valence-electron chi connectivity index (χ2n) is 7.68. The van der Waals surface area contributed by atoms with Gasteiger partial charge < -0.3 is 14.8 Å². The van der Waals surface area contributed by atoms with Crippen LogP contribution in [0.1, 0.15) is 17.2 Å². The standard InChI is InChI=1S/C25H23N3O6S/c1-33-21-12-8-16(14-22(21)34-2)9-13-23(29)28-20-11-10-18(35(26,31)32)15-19(20)27-25(30)24(28)17-6-4-3-5-7-17/h3-15,24H,1-2H3,(H,27,30)(H2,26,31,32)/b13-9+. The van der Waals surface area contributed by atoms with Gasteiger partial charge in [-0.05, 0) is 47.5 Å². The van der Waals surface area contributed by atoms with Gasteiger partial charge in [0.1, 0.15) is 6.04 Å². The summed E-state index contributed by atoms with van der Waals surface area (Å²) in [6, 6.07) is 17.0. The number of methoxy groups -OCH3 is 2. The summed E-state index contributed by atoms with van der Waals surface area (Å²) in [4.78, 5) is 27.8. The second kappa shape index (κ2) is 9.61. The molecule has 3 aromatic carbocycles. The fraction of sp³-hybridized carbons (Fsp3) is 0.120. The van der Waals surface area contributed by atoms with Gasteiger partial charge in [0.2, 0.25) is 10.0 Å². The van der Waals surface area contributed by atoms with Crippen molar-refractivity contribution < 1.29 is 27.5 Å². The van der Waals surface area contributed by atoms with Gasteiger partial charge >= 0.3 is 0 Å². The largest absolute Gasteiger partial charge is 0.493 e. The fourth-order valence-electron chi connectivity index (χ4n) is 3.85.